The standard InChI is InChI=1S/C11H17N3/c1-13-6-4-11(9-13)8-12-7-10-3-2-5-14(10)11/h2-3,5,12H,4,6-9H2,1H3. The van der Waals surface area contributed by atoms with Crippen LogP contribution in [0.15, 0.2) is 18.3 Å². The second kappa shape index (κ2) is 2.84. The molecule has 14 heavy (non-hydrogen) atoms. The highest BCUT2D eigenvalue weighted by Crippen LogP contribution is 2.31. The Balaban J connectivity index is 2.03. The Bertz CT molecular complexity index is 344. The van der Waals surface area contributed by atoms with Gasteiger partial charge in [-0.3, -0.25) is 0 Å². The highest BCUT2D eigenvalue weighted by molar-refractivity contribution is 5.16. The maximum atomic E-state index is 3.53. The first-order valence-corrected chi connectivity index (χ1v) is 5.36. The molecule has 2 aliphatic heterocycles. The van der Waals surface area contributed by atoms with Crippen molar-refractivity contribution in [1.82, 2.24) is 14.8 Å². The summed E-state index contributed by atoms with van der Waals surface area (Å²) in [5, 5.41) is 3.53. The number of fused-ring (bicyclic) bond motifs is 2. The second-order valence-corrected chi connectivity index (χ2v) is 4.69. The largest absolute Gasteiger partial charge is 0.342 e. The van der Waals surface area contributed by atoms with E-state index >= 15 is 0 Å². The van der Waals surface area contributed by atoms with Gasteiger partial charge in [0.25, 0.3) is 0 Å². The summed E-state index contributed by atoms with van der Waals surface area (Å²) in [6.07, 6.45) is 3.52. The normalized spacial score (nSPS) is 32.4. The summed E-state index contributed by atoms with van der Waals surface area (Å²) in [5.41, 5.74) is 1.78. The molecule has 3 heteroatoms. The van der Waals surface area contributed by atoms with Crippen LogP contribution in [-0.2, 0) is 12.1 Å². The van der Waals surface area contributed by atoms with Crippen LogP contribution in [0.2, 0.25) is 0 Å². The number of likely N-dealkylation sites (tertiary alicyclic amines) is 1. The van der Waals surface area contributed by atoms with Crippen molar-refractivity contribution in [3.8, 4) is 0 Å². The summed E-state index contributed by atoms with van der Waals surface area (Å²) in [6.45, 7) is 4.55. The summed E-state index contributed by atoms with van der Waals surface area (Å²) >= 11 is 0. The van der Waals surface area contributed by atoms with Gasteiger partial charge in [0.1, 0.15) is 0 Å². The van der Waals surface area contributed by atoms with Crippen LogP contribution >= 0.6 is 0 Å². The highest BCUT2D eigenvalue weighted by Gasteiger charge is 2.40. The Morgan fingerprint density at radius 3 is 3.21 bits per heavy atom. The van der Waals surface area contributed by atoms with E-state index in [-0.39, 0.29) is 0 Å². The number of likely N-dealkylation sites (N-methyl/N-ethyl adjacent to an activating group) is 1. The van der Waals surface area contributed by atoms with Crippen LogP contribution in [0.3, 0.4) is 0 Å². The van der Waals surface area contributed by atoms with Gasteiger partial charge in [0.2, 0.25) is 0 Å². The van der Waals surface area contributed by atoms with Crippen LogP contribution in [-0.4, -0.2) is 36.1 Å². The average Bonchev–Trinajstić information content (AvgIpc) is 2.75. The van der Waals surface area contributed by atoms with Gasteiger partial charge in [0, 0.05) is 38.1 Å². The molecule has 0 amide bonds. The van der Waals surface area contributed by atoms with Gasteiger partial charge < -0.3 is 14.8 Å². The molecule has 3 nitrogen and oxygen atoms in total. The van der Waals surface area contributed by atoms with E-state index in [4.69, 9.17) is 0 Å². The topological polar surface area (TPSA) is 20.2 Å². The Kier molecular flexibility index (Phi) is 1.73. The lowest BCUT2D eigenvalue weighted by atomic mass is 9.96. The van der Waals surface area contributed by atoms with Crippen LogP contribution in [0.1, 0.15) is 12.1 Å². The second-order valence-electron chi connectivity index (χ2n) is 4.69. The Hall–Kier alpha value is -0.800. The van der Waals surface area contributed by atoms with Gasteiger partial charge in [-0.15, -0.1) is 0 Å². The fourth-order valence-electron chi connectivity index (χ4n) is 2.93. The van der Waals surface area contributed by atoms with E-state index in [1.807, 2.05) is 0 Å². The first-order chi connectivity index (χ1) is 6.80. The van der Waals surface area contributed by atoms with E-state index in [1.54, 1.807) is 0 Å². The monoisotopic (exact) mass is 191 g/mol. The van der Waals surface area contributed by atoms with Crippen molar-refractivity contribution in [1.29, 1.82) is 0 Å². The number of hydrogen-bond acceptors (Lipinski definition) is 2. The summed E-state index contributed by atoms with van der Waals surface area (Å²) in [7, 11) is 2.21. The third kappa shape index (κ3) is 1.06. The third-order valence-electron chi connectivity index (χ3n) is 3.63. The smallest absolute Gasteiger partial charge is 0.0705 e. The van der Waals surface area contributed by atoms with Crippen molar-refractivity contribution in [2.24, 2.45) is 0 Å². The SMILES string of the molecule is CN1CCC2(CNCc3cccn32)C1. The fraction of sp³-hybridized carbons (Fsp3) is 0.636. The Morgan fingerprint density at radius 1 is 1.50 bits per heavy atom. The average molecular weight is 191 g/mol. The molecule has 1 N–H and O–H groups in total. The number of nitrogens with zero attached hydrogens (tertiary/aromatic N) is 2. The zero-order valence-corrected chi connectivity index (χ0v) is 8.66. The predicted octanol–water partition coefficient (Wildman–Crippen LogP) is 0.622. The summed E-state index contributed by atoms with van der Waals surface area (Å²) in [5.74, 6) is 0. The van der Waals surface area contributed by atoms with Crippen LogP contribution in [0.25, 0.3) is 0 Å². The molecule has 1 aromatic rings. The Labute approximate surface area is 84.7 Å². The fourth-order valence-corrected chi connectivity index (χ4v) is 2.93. The van der Waals surface area contributed by atoms with E-state index in [1.165, 1.54) is 25.2 Å². The molecule has 3 heterocycles. The van der Waals surface area contributed by atoms with Gasteiger partial charge in [-0.25, -0.2) is 0 Å². The molecule has 1 spiro atoms. The molecule has 0 aromatic carbocycles. The first-order valence-electron chi connectivity index (χ1n) is 5.36. The van der Waals surface area contributed by atoms with E-state index in [0.29, 0.717) is 5.54 Å². The van der Waals surface area contributed by atoms with Crippen molar-refractivity contribution in [2.45, 2.75) is 18.5 Å². The maximum absolute atomic E-state index is 3.53. The predicted molar refractivity (Wildman–Crippen MR) is 56.2 cm³/mol. The lowest BCUT2D eigenvalue weighted by Gasteiger charge is -2.37. The Morgan fingerprint density at radius 2 is 2.43 bits per heavy atom. The maximum Gasteiger partial charge on any atom is 0.0705 e. The number of aromatic nitrogens is 1. The van der Waals surface area contributed by atoms with Gasteiger partial charge in [-0.1, -0.05) is 0 Å². The molecule has 1 aromatic heterocycles. The molecule has 1 atom stereocenters. The lowest BCUT2D eigenvalue weighted by Crippen LogP contribution is -2.49. The molecule has 0 saturated carbocycles. The molecular formula is C11H17N3. The van der Waals surface area contributed by atoms with E-state index in [0.717, 1.165) is 13.1 Å². The van der Waals surface area contributed by atoms with Crippen LogP contribution in [0, 0.1) is 0 Å². The molecule has 76 valence electrons. The van der Waals surface area contributed by atoms with Crippen LogP contribution in [0.5, 0.6) is 0 Å². The third-order valence-corrected chi connectivity index (χ3v) is 3.63. The minimum atomic E-state index is 0.339. The first kappa shape index (κ1) is 8.50. The molecule has 2 aliphatic rings. The van der Waals surface area contributed by atoms with Crippen molar-refractivity contribution < 1.29 is 0 Å². The summed E-state index contributed by atoms with van der Waals surface area (Å²) in [6, 6.07) is 4.40. The van der Waals surface area contributed by atoms with Crippen molar-refractivity contribution in [3.63, 3.8) is 0 Å². The number of rotatable bonds is 0. The van der Waals surface area contributed by atoms with Gasteiger partial charge >= 0.3 is 0 Å². The number of hydrogen-bond donors (Lipinski definition) is 1. The van der Waals surface area contributed by atoms with Gasteiger partial charge in [-0.05, 0) is 25.6 Å². The summed E-state index contributed by atoms with van der Waals surface area (Å²) in [4.78, 5) is 2.43. The molecule has 1 fully saturated rings. The van der Waals surface area contributed by atoms with Gasteiger partial charge in [0.15, 0.2) is 0 Å². The molecule has 0 radical (unpaired) electrons. The molecule has 3 rings (SSSR count). The van der Waals surface area contributed by atoms with E-state index in [2.05, 4.69) is 40.2 Å². The lowest BCUT2D eigenvalue weighted by molar-refractivity contribution is 0.236. The van der Waals surface area contributed by atoms with Gasteiger partial charge in [-0.2, -0.15) is 0 Å². The highest BCUT2D eigenvalue weighted by atomic mass is 15.3. The van der Waals surface area contributed by atoms with Crippen molar-refractivity contribution >= 4 is 0 Å². The zero-order chi connectivity index (χ0) is 9.60. The van der Waals surface area contributed by atoms with Crippen molar-refractivity contribution in [3.05, 3.63) is 24.0 Å². The van der Waals surface area contributed by atoms with Gasteiger partial charge in [0.05, 0.1) is 5.54 Å². The molecule has 1 saturated heterocycles. The van der Waals surface area contributed by atoms with E-state index < -0.39 is 0 Å². The van der Waals surface area contributed by atoms with Crippen LogP contribution < -0.4 is 5.32 Å². The molecule has 0 bridgehead atoms. The zero-order valence-electron chi connectivity index (χ0n) is 8.66. The van der Waals surface area contributed by atoms with Crippen molar-refractivity contribution in [2.75, 3.05) is 26.7 Å². The van der Waals surface area contributed by atoms with E-state index in [9.17, 15) is 0 Å². The minimum absolute atomic E-state index is 0.339. The number of nitrogens with one attached hydrogen (secondary N) is 1. The molecular weight excluding hydrogens is 174 g/mol. The quantitative estimate of drug-likeness (QED) is 0.649. The minimum Gasteiger partial charge on any atom is -0.342 e. The molecule has 0 aliphatic carbocycles. The molecule has 1 unspecified atom stereocenters. The summed E-state index contributed by atoms with van der Waals surface area (Å²) < 4.78 is 2.49. The van der Waals surface area contributed by atoms with Crippen LogP contribution in [0.4, 0.5) is 0 Å².